The Morgan fingerprint density at radius 3 is 3.25 bits per heavy atom. The van der Waals surface area contributed by atoms with Gasteiger partial charge in [-0.25, -0.2) is 4.98 Å². The van der Waals surface area contributed by atoms with Crippen LogP contribution in [-0.4, -0.2) is 19.5 Å². The average molecular weight is 219 g/mol. The maximum Gasteiger partial charge on any atom is 0.280 e. The van der Waals surface area contributed by atoms with Gasteiger partial charge in [-0.1, -0.05) is 0 Å². The first kappa shape index (κ1) is 8.96. The van der Waals surface area contributed by atoms with Gasteiger partial charge in [0.05, 0.1) is 6.26 Å². The molecule has 0 bridgehead atoms. The van der Waals surface area contributed by atoms with Crippen molar-refractivity contribution in [3.05, 3.63) is 29.0 Å². The number of anilines is 1. The molecular formula is C9H9N5O2. The summed E-state index contributed by atoms with van der Waals surface area (Å²) in [6.45, 7) is 0. The first-order valence-electron chi connectivity index (χ1n) is 4.78. The highest BCUT2D eigenvalue weighted by Crippen LogP contribution is 2.23. The van der Waals surface area contributed by atoms with E-state index < -0.39 is 0 Å². The minimum atomic E-state index is -0.341. The van der Waals surface area contributed by atoms with Gasteiger partial charge in [0.25, 0.3) is 5.56 Å². The molecule has 2 aromatic rings. The predicted molar refractivity (Wildman–Crippen MR) is 56.4 cm³/mol. The van der Waals surface area contributed by atoms with E-state index in [1.54, 1.807) is 10.8 Å². The largest absolute Gasteiger partial charge is 0.478 e. The number of hydrogen-bond donors (Lipinski definition) is 2. The Balaban J connectivity index is 2.22. The van der Waals surface area contributed by atoms with Crippen LogP contribution in [0, 0.1) is 0 Å². The van der Waals surface area contributed by atoms with Crippen molar-refractivity contribution >= 4 is 17.1 Å². The summed E-state index contributed by atoms with van der Waals surface area (Å²) in [6, 6.07) is 0. The Morgan fingerprint density at radius 2 is 2.50 bits per heavy atom. The van der Waals surface area contributed by atoms with Crippen molar-refractivity contribution < 1.29 is 4.74 Å². The van der Waals surface area contributed by atoms with Crippen LogP contribution in [0.1, 0.15) is 12.6 Å². The Morgan fingerprint density at radius 1 is 1.62 bits per heavy atom. The lowest BCUT2D eigenvalue weighted by Gasteiger charge is -2.11. The molecule has 0 amide bonds. The number of nitrogens with zero attached hydrogens (tertiary/aromatic N) is 3. The zero-order chi connectivity index (χ0) is 11.1. The summed E-state index contributed by atoms with van der Waals surface area (Å²) in [6.07, 6.45) is 5.57. The van der Waals surface area contributed by atoms with Gasteiger partial charge in [-0.15, -0.1) is 0 Å². The van der Waals surface area contributed by atoms with Crippen LogP contribution >= 0.6 is 0 Å². The van der Waals surface area contributed by atoms with Gasteiger partial charge < -0.3 is 10.5 Å². The second-order valence-corrected chi connectivity index (χ2v) is 3.47. The average Bonchev–Trinajstić information content (AvgIpc) is 2.83. The van der Waals surface area contributed by atoms with Crippen molar-refractivity contribution in [2.45, 2.75) is 12.6 Å². The van der Waals surface area contributed by atoms with Gasteiger partial charge in [0.1, 0.15) is 6.33 Å². The van der Waals surface area contributed by atoms with Gasteiger partial charge >= 0.3 is 0 Å². The molecule has 16 heavy (non-hydrogen) atoms. The summed E-state index contributed by atoms with van der Waals surface area (Å²) >= 11 is 0. The molecule has 0 unspecified atom stereocenters. The number of nitrogen functional groups attached to an aromatic ring is 1. The van der Waals surface area contributed by atoms with Crippen LogP contribution in [0.2, 0.25) is 0 Å². The smallest absolute Gasteiger partial charge is 0.280 e. The number of hydrogen-bond acceptors (Lipinski definition) is 5. The fourth-order valence-corrected chi connectivity index (χ4v) is 1.71. The summed E-state index contributed by atoms with van der Waals surface area (Å²) in [7, 11) is 0. The van der Waals surface area contributed by atoms with Crippen LogP contribution in [0.4, 0.5) is 5.95 Å². The van der Waals surface area contributed by atoms with E-state index in [4.69, 9.17) is 10.5 Å². The third-order valence-corrected chi connectivity index (χ3v) is 2.43. The lowest BCUT2D eigenvalue weighted by Crippen LogP contribution is -2.13. The number of nitrogens with two attached hydrogens (primary N) is 1. The summed E-state index contributed by atoms with van der Waals surface area (Å²) in [4.78, 5) is 22.0. The van der Waals surface area contributed by atoms with Crippen molar-refractivity contribution in [3.8, 4) is 0 Å². The van der Waals surface area contributed by atoms with Crippen molar-refractivity contribution in [1.29, 1.82) is 0 Å². The van der Waals surface area contributed by atoms with E-state index in [0.717, 1.165) is 6.42 Å². The number of imidazole rings is 1. The highest BCUT2D eigenvalue weighted by Gasteiger charge is 2.18. The first-order valence-corrected chi connectivity index (χ1v) is 4.78. The predicted octanol–water partition coefficient (Wildman–Crippen LogP) is 0.134. The fraction of sp³-hybridized carbons (Fsp3) is 0.222. The fourth-order valence-electron chi connectivity index (χ4n) is 1.71. The molecule has 82 valence electrons. The first-order chi connectivity index (χ1) is 7.75. The zero-order valence-electron chi connectivity index (χ0n) is 8.25. The summed E-state index contributed by atoms with van der Waals surface area (Å²) in [5.74, 6) is 0.0743. The number of fused-ring (bicyclic) bond motifs is 1. The molecule has 1 aliphatic heterocycles. The molecule has 2 aromatic heterocycles. The van der Waals surface area contributed by atoms with Gasteiger partial charge in [-0.3, -0.25) is 14.3 Å². The number of aromatic amines is 1. The molecule has 0 radical (unpaired) electrons. The van der Waals surface area contributed by atoms with Crippen molar-refractivity contribution in [2.75, 3.05) is 5.73 Å². The maximum atomic E-state index is 11.5. The monoisotopic (exact) mass is 219 g/mol. The van der Waals surface area contributed by atoms with Crippen molar-refractivity contribution in [3.63, 3.8) is 0 Å². The van der Waals surface area contributed by atoms with E-state index in [-0.39, 0.29) is 23.3 Å². The number of rotatable bonds is 1. The van der Waals surface area contributed by atoms with Gasteiger partial charge in [-0.2, -0.15) is 4.98 Å². The molecule has 0 saturated carbocycles. The molecule has 0 aromatic carbocycles. The molecule has 3 heterocycles. The molecule has 0 fully saturated rings. The Hall–Kier alpha value is -2.31. The molecule has 1 aliphatic rings. The second-order valence-electron chi connectivity index (χ2n) is 3.47. The normalized spacial score (nSPS) is 19.1. The summed E-state index contributed by atoms with van der Waals surface area (Å²) < 4.78 is 7.03. The third kappa shape index (κ3) is 1.18. The van der Waals surface area contributed by atoms with E-state index in [0.29, 0.717) is 5.65 Å². The molecular weight excluding hydrogens is 210 g/mol. The van der Waals surface area contributed by atoms with Crippen LogP contribution in [0.15, 0.2) is 23.5 Å². The molecule has 0 aliphatic carbocycles. The van der Waals surface area contributed by atoms with Crippen LogP contribution in [0.25, 0.3) is 11.2 Å². The Bertz CT molecular complexity index is 618. The van der Waals surface area contributed by atoms with Gasteiger partial charge in [-0.05, 0) is 6.08 Å². The van der Waals surface area contributed by atoms with Crippen LogP contribution in [0.5, 0.6) is 0 Å². The third-order valence-electron chi connectivity index (χ3n) is 2.43. The number of aromatic nitrogens is 4. The topological polar surface area (TPSA) is 98.8 Å². The molecule has 7 heteroatoms. The lowest BCUT2D eigenvalue weighted by molar-refractivity contribution is 0.108. The van der Waals surface area contributed by atoms with Crippen molar-refractivity contribution in [1.82, 2.24) is 19.5 Å². The second kappa shape index (κ2) is 3.09. The van der Waals surface area contributed by atoms with E-state index in [1.807, 2.05) is 6.08 Å². The summed E-state index contributed by atoms with van der Waals surface area (Å²) in [5, 5.41) is 0. The molecule has 3 rings (SSSR count). The van der Waals surface area contributed by atoms with E-state index in [9.17, 15) is 4.79 Å². The molecule has 3 N–H and O–H groups in total. The van der Waals surface area contributed by atoms with Gasteiger partial charge in [0.2, 0.25) is 5.95 Å². The summed E-state index contributed by atoms with van der Waals surface area (Å²) in [5.41, 5.74) is 5.85. The van der Waals surface area contributed by atoms with E-state index in [2.05, 4.69) is 15.0 Å². The zero-order valence-corrected chi connectivity index (χ0v) is 8.25. The van der Waals surface area contributed by atoms with Crippen LogP contribution in [0.3, 0.4) is 0 Å². The minimum absolute atomic E-state index is 0.0743. The number of ether oxygens (including phenoxy) is 1. The Labute approximate surface area is 89.6 Å². The SMILES string of the molecule is Nc1nc2c(ncn2[C@H]2CC=CO2)c(=O)[nH]1. The van der Waals surface area contributed by atoms with Crippen LogP contribution in [-0.2, 0) is 4.74 Å². The molecule has 0 spiro atoms. The lowest BCUT2D eigenvalue weighted by atomic mass is 10.4. The minimum Gasteiger partial charge on any atom is -0.478 e. The molecule has 0 saturated heterocycles. The molecule has 1 atom stereocenters. The maximum absolute atomic E-state index is 11.5. The van der Waals surface area contributed by atoms with Gasteiger partial charge in [0.15, 0.2) is 17.4 Å². The Kier molecular flexibility index (Phi) is 1.73. The molecule has 7 nitrogen and oxygen atoms in total. The quantitative estimate of drug-likeness (QED) is 0.710. The highest BCUT2D eigenvalue weighted by molar-refractivity contribution is 5.70. The standard InChI is InChI=1S/C9H9N5O2/c10-9-12-7-6(8(15)13-9)11-4-14(7)5-2-1-3-16-5/h1,3-5H,2H2,(H3,10,12,13,15)/t5-/m1/s1. The van der Waals surface area contributed by atoms with Gasteiger partial charge in [0, 0.05) is 6.42 Å². The number of H-pyrrole nitrogens is 1. The number of nitrogens with one attached hydrogen (secondary N) is 1. The highest BCUT2D eigenvalue weighted by atomic mass is 16.5. The van der Waals surface area contributed by atoms with E-state index >= 15 is 0 Å². The van der Waals surface area contributed by atoms with Crippen LogP contribution < -0.4 is 11.3 Å². The van der Waals surface area contributed by atoms with Crippen molar-refractivity contribution in [2.24, 2.45) is 0 Å². The van der Waals surface area contributed by atoms with E-state index in [1.165, 1.54) is 6.33 Å².